The van der Waals surface area contributed by atoms with Crippen LogP contribution in [-0.2, 0) is 9.59 Å². The van der Waals surface area contributed by atoms with E-state index in [2.05, 4.69) is 0 Å². The first-order valence-electron chi connectivity index (χ1n) is 6.64. The number of aliphatic carboxylic acids is 1. The third kappa shape index (κ3) is 3.48. The predicted molar refractivity (Wildman–Crippen MR) is 77.8 cm³/mol. The molecule has 7 nitrogen and oxygen atoms in total. The van der Waals surface area contributed by atoms with Gasteiger partial charge in [-0.05, 0) is 31.0 Å². The highest BCUT2D eigenvalue weighted by molar-refractivity contribution is 6.31. The smallest absolute Gasteiger partial charge is 0.326 e. The number of carboxylic acids is 1. The van der Waals surface area contributed by atoms with Crippen LogP contribution in [0.5, 0.6) is 5.75 Å². The lowest BCUT2D eigenvalue weighted by Gasteiger charge is -2.21. The molecule has 3 N–H and O–H groups in total. The maximum absolute atomic E-state index is 12.1. The number of halogens is 1. The molecular formula is C14H15ClN2O5. The molecule has 0 spiro atoms. The van der Waals surface area contributed by atoms with E-state index < -0.39 is 23.8 Å². The Hall–Kier alpha value is -2.28. The zero-order valence-corrected chi connectivity index (χ0v) is 12.4. The minimum Gasteiger partial charge on any atom is -0.483 e. The number of amides is 2. The van der Waals surface area contributed by atoms with Crippen LogP contribution < -0.4 is 10.5 Å². The van der Waals surface area contributed by atoms with Crippen LogP contribution in [0.1, 0.15) is 23.2 Å². The lowest BCUT2D eigenvalue weighted by Crippen LogP contribution is -2.42. The number of ether oxygens (including phenoxy) is 1. The second-order valence-electron chi connectivity index (χ2n) is 4.88. The number of nitrogens with zero attached hydrogens (tertiary/aromatic N) is 1. The minimum atomic E-state index is -1.03. The number of hydrogen-bond acceptors (Lipinski definition) is 4. The molecule has 0 saturated carbocycles. The second kappa shape index (κ2) is 6.65. The van der Waals surface area contributed by atoms with Gasteiger partial charge >= 0.3 is 5.97 Å². The number of carbonyl (C=O) groups is 3. The van der Waals surface area contributed by atoms with Crippen LogP contribution >= 0.6 is 11.6 Å². The van der Waals surface area contributed by atoms with Gasteiger partial charge in [-0.15, -0.1) is 0 Å². The van der Waals surface area contributed by atoms with Gasteiger partial charge in [0.05, 0.1) is 5.56 Å². The molecule has 1 atom stereocenters. The molecule has 1 aliphatic heterocycles. The first-order chi connectivity index (χ1) is 10.4. The van der Waals surface area contributed by atoms with E-state index in [0.717, 1.165) is 0 Å². The van der Waals surface area contributed by atoms with Crippen LogP contribution in [0, 0.1) is 0 Å². The van der Waals surface area contributed by atoms with Crippen LogP contribution in [0.25, 0.3) is 0 Å². The summed E-state index contributed by atoms with van der Waals surface area (Å²) in [5.74, 6) is -2.07. The molecule has 22 heavy (non-hydrogen) atoms. The fourth-order valence-electron chi connectivity index (χ4n) is 2.36. The summed E-state index contributed by atoms with van der Waals surface area (Å²) in [5.41, 5.74) is 5.29. The number of carboxylic acid groups (broad SMARTS) is 1. The average molecular weight is 327 g/mol. The summed E-state index contributed by atoms with van der Waals surface area (Å²) in [5, 5.41) is 9.37. The van der Waals surface area contributed by atoms with Gasteiger partial charge in [0.1, 0.15) is 11.8 Å². The Morgan fingerprint density at radius 3 is 2.77 bits per heavy atom. The number of primary amides is 1. The van der Waals surface area contributed by atoms with Crippen molar-refractivity contribution in [2.75, 3.05) is 13.2 Å². The molecule has 0 aliphatic carbocycles. The van der Waals surface area contributed by atoms with Gasteiger partial charge in [0.25, 0.3) is 11.8 Å². The molecule has 1 unspecified atom stereocenters. The first kappa shape index (κ1) is 16.1. The molecule has 1 aromatic rings. The van der Waals surface area contributed by atoms with Crippen molar-refractivity contribution in [1.29, 1.82) is 0 Å². The van der Waals surface area contributed by atoms with Crippen molar-refractivity contribution in [3.05, 3.63) is 28.8 Å². The Balaban J connectivity index is 2.05. The van der Waals surface area contributed by atoms with E-state index in [1.54, 1.807) is 0 Å². The van der Waals surface area contributed by atoms with Gasteiger partial charge in [-0.25, -0.2) is 4.79 Å². The average Bonchev–Trinajstić information content (AvgIpc) is 2.95. The summed E-state index contributed by atoms with van der Waals surface area (Å²) in [6.45, 7) is 0.00808. The van der Waals surface area contributed by atoms with Gasteiger partial charge in [-0.2, -0.15) is 0 Å². The Morgan fingerprint density at radius 2 is 2.14 bits per heavy atom. The topological polar surface area (TPSA) is 110 Å². The van der Waals surface area contributed by atoms with E-state index in [1.807, 2.05) is 0 Å². The third-order valence-electron chi connectivity index (χ3n) is 3.42. The van der Waals surface area contributed by atoms with Crippen LogP contribution in [-0.4, -0.2) is 47.0 Å². The van der Waals surface area contributed by atoms with Crippen molar-refractivity contribution in [3.63, 3.8) is 0 Å². The number of hydrogen-bond donors (Lipinski definition) is 2. The van der Waals surface area contributed by atoms with E-state index >= 15 is 0 Å². The van der Waals surface area contributed by atoms with Gasteiger partial charge in [0.2, 0.25) is 0 Å². The molecule has 0 radical (unpaired) electrons. The van der Waals surface area contributed by atoms with E-state index in [0.29, 0.717) is 24.4 Å². The molecule has 8 heteroatoms. The second-order valence-corrected chi connectivity index (χ2v) is 5.31. The highest BCUT2D eigenvalue weighted by Crippen LogP contribution is 2.23. The zero-order valence-electron chi connectivity index (χ0n) is 11.6. The summed E-state index contributed by atoms with van der Waals surface area (Å²) in [4.78, 5) is 35.7. The summed E-state index contributed by atoms with van der Waals surface area (Å²) in [7, 11) is 0. The van der Waals surface area contributed by atoms with Crippen molar-refractivity contribution >= 4 is 29.4 Å². The maximum atomic E-state index is 12.1. The van der Waals surface area contributed by atoms with Gasteiger partial charge in [-0.3, -0.25) is 9.59 Å². The molecule has 2 amide bonds. The molecule has 1 saturated heterocycles. The van der Waals surface area contributed by atoms with Crippen molar-refractivity contribution in [2.45, 2.75) is 18.9 Å². The van der Waals surface area contributed by atoms with Crippen LogP contribution in [0.15, 0.2) is 18.2 Å². The highest BCUT2D eigenvalue weighted by Gasteiger charge is 2.34. The monoisotopic (exact) mass is 326 g/mol. The maximum Gasteiger partial charge on any atom is 0.326 e. The van der Waals surface area contributed by atoms with Gasteiger partial charge < -0.3 is 20.5 Å². The lowest BCUT2D eigenvalue weighted by atomic mass is 10.2. The van der Waals surface area contributed by atoms with E-state index in [1.165, 1.54) is 23.1 Å². The number of rotatable bonds is 5. The third-order valence-corrected chi connectivity index (χ3v) is 3.65. The quantitative estimate of drug-likeness (QED) is 0.835. The lowest BCUT2D eigenvalue weighted by molar-refractivity contribution is -0.148. The van der Waals surface area contributed by atoms with E-state index in [9.17, 15) is 14.4 Å². The highest BCUT2D eigenvalue weighted by atomic mass is 35.5. The van der Waals surface area contributed by atoms with E-state index in [-0.39, 0.29) is 17.9 Å². The molecule has 0 aromatic heterocycles. The zero-order chi connectivity index (χ0) is 16.3. The Kier molecular flexibility index (Phi) is 4.87. The number of likely N-dealkylation sites (tertiary alicyclic amines) is 1. The minimum absolute atomic E-state index is 0.0662. The van der Waals surface area contributed by atoms with Crippen LogP contribution in [0.3, 0.4) is 0 Å². The summed E-state index contributed by atoms with van der Waals surface area (Å²) in [6.07, 6.45) is 1.06. The van der Waals surface area contributed by atoms with Gasteiger partial charge in [0.15, 0.2) is 6.61 Å². The molecule has 2 rings (SSSR count). The molecule has 0 bridgehead atoms. The summed E-state index contributed by atoms with van der Waals surface area (Å²) >= 11 is 5.78. The van der Waals surface area contributed by atoms with Crippen molar-refractivity contribution in [1.82, 2.24) is 4.90 Å². The molecule has 1 heterocycles. The normalized spacial score (nSPS) is 17.3. The Morgan fingerprint density at radius 1 is 1.41 bits per heavy atom. The number of carbonyl (C=O) groups excluding carboxylic acids is 2. The predicted octanol–water partition coefficient (Wildman–Crippen LogP) is 0.893. The van der Waals surface area contributed by atoms with E-state index in [4.69, 9.17) is 27.2 Å². The SMILES string of the molecule is NC(=O)c1cc(Cl)ccc1OCC(=O)N1CCCC1C(=O)O. The molecule has 1 aromatic carbocycles. The molecular weight excluding hydrogens is 312 g/mol. The van der Waals surface area contributed by atoms with Crippen molar-refractivity contribution in [2.24, 2.45) is 5.73 Å². The van der Waals surface area contributed by atoms with Crippen molar-refractivity contribution in [3.8, 4) is 5.75 Å². The van der Waals surface area contributed by atoms with Gasteiger partial charge in [-0.1, -0.05) is 11.6 Å². The fourth-order valence-corrected chi connectivity index (χ4v) is 2.54. The summed E-state index contributed by atoms with van der Waals surface area (Å²) in [6, 6.07) is 3.47. The largest absolute Gasteiger partial charge is 0.483 e. The number of nitrogens with two attached hydrogens (primary N) is 1. The first-order valence-corrected chi connectivity index (χ1v) is 7.02. The number of benzene rings is 1. The van der Waals surface area contributed by atoms with Crippen LogP contribution in [0.4, 0.5) is 0 Å². The summed E-state index contributed by atoms with van der Waals surface area (Å²) < 4.78 is 5.31. The van der Waals surface area contributed by atoms with Crippen molar-refractivity contribution < 1.29 is 24.2 Å². The Bertz CT molecular complexity index is 619. The van der Waals surface area contributed by atoms with Gasteiger partial charge in [0, 0.05) is 11.6 Å². The fraction of sp³-hybridized carbons (Fsp3) is 0.357. The Labute approximate surface area is 131 Å². The standard InChI is InChI=1S/C14H15ClN2O5/c15-8-3-4-11(9(6-8)13(16)19)22-7-12(18)17-5-1-2-10(17)14(20)21/h3-4,6,10H,1-2,5,7H2,(H2,16,19)(H,20,21). The molecule has 118 valence electrons. The van der Waals surface area contributed by atoms with Crippen LogP contribution in [0.2, 0.25) is 5.02 Å². The molecule has 1 aliphatic rings. The molecule has 1 fully saturated rings.